The maximum absolute atomic E-state index is 13.8. The number of ether oxygens (including phenoxy) is 1. The van der Waals surface area contributed by atoms with Gasteiger partial charge in [0.2, 0.25) is 10.0 Å². The Morgan fingerprint density at radius 2 is 1.71 bits per heavy atom. The standard InChI is InChI=1S/C23H25F5N2O3S.C2HF3O2/c1-15(2)34(31,32)30-13-17(20-7-6-18(24)11-21(20)30)8-9-29-12-16-4-3-5-19(10-16)33-14-23(27,28)22(25)26;3-2(4,5)1(6)7/h3-7,10-11,13,15,22,29H,8-9,12,14H2,1-2H3;(H,6,7). The molecule has 16 heteroatoms. The summed E-state index contributed by atoms with van der Waals surface area (Å²) in [5.41, 5.74) is 1.78. The molecule has 0 saturated carbocycles. The summed E-state index contributed by atoms with van der Waals surface area (Å²) in [5.74, 6) is -7.70. The van der Waals surface area contributed by atoms with Crippen molar-refractivity contribution in [2.45, 2.75) is 50.6 Å². The molecule has 0 radical (unpaired) electrons. The van der Waals surface area contributed by atoms with E-state index in [1.54, 1.807) is 32.0 Å². The number of nitrogens with zero attached hydrogens (tertiary/aromatic N) is 1. The number of quaternary nitrogens is 1. The van der Waals surface area contributed by atoms with Crippen molar-refractivity contribution in [2.75, 3.05) is 13.2 Å². The number of alkyl halides is 7. The van der Waals surface area contributed by atoms with E-state index in [-0.39, 0.29) is 11.3 Å². The summed E-state index contributed by atoms with van der Waals surface area (Å²) in [7, 11) is -3.67. The number of halogens is 8. The second-order valence-corrected chi connectivity index (χ2v) is 11.4. The fraction of sp³-hybridized carbons (Fsp3) is 0.400. The van der Waals surface area contributed by atoms with E-state index < -0.39 is 52.2 Å². The van der Waals surface area contributed by atoms with Gasteiger partial charge < -0.3 is 20.0 Å². The number of carboxylic acid groups (broad SMARTS) is 1. The van der Waals surface area contributed by atoms with Gasteiger partial charge in [-0.2, -0.15) is 22.0 Å². The number of carboxylic acids is 1. The Balaban J connectivity index is 0.000000745. The number of carbonyl (C=O) groups is 1. The van der Waals surface area contributed by atoms with E-state index in [4.69, 9.17) is 14.6 Å². The molecule has 3 rings (SSSR count). The summed E-state index contributed by atoms with van der Waals surface area (Å²) < 4.78 is 127. The van der Waals surface area contributed by atoms with Crippen LogP contribution in [0.1, 0.15) is 25.0 Å². The highest BCUT2D eigenvalue weighted by atomic mass is 32.2. The van der Waals surface area contributed by atoms with E-state index in [0.717, 1.165) is 15.1 Å². The second-order valence-electron chi connectivity index (χ2n) is 9.02. The zero-order valence-corrected chi connectivity index (χ0v) is 22.4. The normalized spacial score (nSPS) is 12.5. The monoisotopic (exact) mass is 618 g/mol. The van der Waals surface area contributed by atoms with Gasteiger partial charge in [0.15, 0.2) is 6.61 Å². The summed E-state index contributed by atoms with van der Waals surface area (Å²) in [6.45, 7) is 2.72. The zero-order chi connectivity index (χ0) is 31.2. The summed E-state index contributed by atoms with van der Waals surface area (Å²) in [6, 6.07) is 10.3. The molecule has 3 aromatic rings. The second kappa shape index (κ2) is 13.5. The fourth-order valence-electron chi connectivity index (χ4n) is 3.41. The van der Waals surface area contributed by atoms with Crippen molar-refractivity contribution in [2.24, 2.45) is 0 Å². The van der Waals surface area contributed by atoms with E-state index in [0.29, 0.717) is 24.9 Å². The first-order chi connectivity index (χ1) is 18.9. The van der Waals surface area contributed by atoms with Crippen LogP contribution in [-0.4, -0.2) is 55.3 Å². The Morgan fingerprint density at radius 1 is 1.07 bits per heavy atom. The van der Waals surface area contributed by atoms with Crippen molar-refractivity contribution in [3.05, 3.63) is 65.6 Å². The molecule has 0 aliphatic carbocycles. The predicted molar refractivity (Wildman–Crippen MR) is 130 cm³/mol. The molecular weight excluding hydrogens is 592 g/mol. The van der Waals surface area contributed by atoms with Crippen LogP contribution in [0.25, 0.3) is 10.9 Å². The topological polar surface area (TPSA) is 105 Å². The van der Waals surface area contributed by atoms with Crippen LogP contribution in [0.15, 0.2) is 48.7 Å². The van der Waals surface area contributed by atoms with E-state index in [1.165, 1.54) is 30.5 Å². The van der Waals surface area contributed by atoms with Crippen LogP contribution < -0.4 is 15.2 Å². The molecule has 0 unspecified atom stereocenters. The third-order valence-electron chi connectivity index (χ3n) is 5.56. The van der Waals surface area contributed by atoms with Gasteiger partial charge in [-0.25, -0.2) is 25.6 Å². The average Bonchev–Trinajstić information content (AvgIpc) is 3.23. The van der Waals surface area contributed by atoms with Crippen LogP contribution in [0.2, 0.25) is 0 Å². The van der Waals surface area contributed by atoms with Gasteiger partial charge >= 0.3 is 18.5 Å². The van der Waals surface area contributed by atoms with Gasteiger partial charge in [-0.05, 0) is 49.7 Å². The quantitative estimate of drug-likeness (QED) is 0.263. The lowest BCUT2D eigenvalue weighted by atomic mass is 10.1. The number of hydrogen-bond donors (Lipinski definition) is 1. The Hall–Kier alpha value is -3.40. The summed E-state index contributed by atoms with van der Waals surface area (Å²) in [6.07, 6.45) is -6.98. The lowest BCUT2D eigenvalue weighted by Crippen LogP contribution is -2.83. The van der Waals surface area contributed by atoms with Crippen LogP contribution in [-0.2, 0) is 27.8 Å². The Bertz CT molecular complexity index is 1440. The maximum atomic E-state index is 13.8. The van der Waals surface area contributed by atoms with Crippen LogP contribution >= 0.6 is 0 Å². The van der Waals surface area contributed by atoms with Gasteiger partial charge in [-0.3, -0.25) is 0 Å². The molecule has 7 nitrogen and oxygen atoms in total. The molecule has 1 aromatic heterocycles. The average molecular weight is 619 g/mol. The van der Waals surface area contributed by atoms with Crippen molar-refractivity contribution in [3.8, 4) is 5.75 Å². The van der Waals surface area contributed by atoms with Crippen LogP contribution in [0.4, 0.5) is 35.1 Å². The first-order valence-corrected chi connectivity index (χ1v) is 13.4. The van der Waals surface area contributed by atoms with E-state index in [9.17, 15) is 43.5 Å². The van der Waals surface area contributed by atoms with E-state index in [1.807, 2.05) is 5.32 Å². The minimum absolute atomic E-state index is 0.0650. The predicted octanol–water partition coefficient (Wildman–Crippen LogP) is 3.25. The van der Waals surface area contributed by atoms with Crippen molar-refractivity contribution in [1.29, 1.82) is 0 Å². The minimum Gasteiger partial charge on any atom is -0.542 e. The van der Waals surface area contributed by atoms with Crippen LogP contribution in [0.3, 0.4) is 0 Å². The number of fused-ring (bicyclic) bond motifs is 1. The van der Waals surface area contributed by atoms with Crippen molar-refractivity contribution in [3.63, 3.8) is 0 Å². The third-order valence-corrected chi connectivity index (χ3v) is 7.61. The fourth-order valence-corrected chi connectivity index (χ4v) is 4.56. The number of aliphatic carboxylic acids is 1. The molecule has 0 fully saturated rings. The van der Waals surface area contributed by atoms with E-state index in [2.05, 4.69) is 0 Å². The molecule has 228 valence electrons. The van der Waals surface area contributed by atoms with Gasteiger partial charge in [0, 0.05) is 23.6 Å². The minimum atomic E-state index is -5.19. The largest absolute Gasteiger partial charge is 0.542 e. The Kier molecular flexibility index (Phi) is 11.1. The van der Waals surface area contributed by atoms with Crippen molar-refractivity contribution in [1.82, 2.24) is 3.97 Å². The number of carbonyl (C=O) groups excluding carboxylic acids is 1. The van der Waals surface area contributed by atoms with Crippen LogP contribution in [0.5, 0.6) is 5.75 Å². The summed E-state index contributed by atoms with van der Waals surface area (Å²) in [5, 5.41) is 10.7. The lowest BCUT2D eigenvalue weighted by Gasteiger charge is -2.16. The molecule has 1 heterocycles. The highest BCUT2D eigenvalue weighted by Gasteiger charge is 2.41. The molecule has 0 aliphatic heterocycles. The number of hydrogen-bond acceptors (Lipinski definition) is 5. The molecule has 0 bridgehead atoms. The summed E-state index contributed by atoms with van der Waals surface area (Å²) >= 11 is 0. The highest BCUT2D eigenvalue weighted by molar-refractivity contribution is 7.90. The van der Waals surface area contributed by atoms with Gasteiger partial charge in [0.25, 0.3) is 0 Å². The van der Waals surface area contributed by atoms with Crippen molar-refractivity contribution >= 4 is 26.9 Å². The number of benzene rings is 2. The SMILES string of the molecule is CC(C)S(=O)(=O)n1cc(CC[NH2+]Cc2cccc(OCC(F)(F)C(F)F)c2)c2ccc(F)cc21.O=C([O-])C(F)(F)F. The van der Waals surface area contributed by atoms with Crippen LogP contribution in [0, 0.1) is 5.82 Å². The lowest BCUT2D eigenvalue weighted by molar-refractivity contribution is -0.670. The molecule has 0 saturated heterocycles. The first kappa shape index (κ1) is 33.8. The number of nitrogens with two attached hydrogens (primary N) is 1. The maximum Gasteiger partial charge on any atom is 0.430 e. The molecule has 41 heavy (non-hydrogen) atoms. The molecular formula is C25H26F8N2O5S. The number of rotatable bonds is 11. The molecule has 0 atom stereocenters. The third kappa shape index (κ3) is 9.31. The first-order valence-electron chi connectivity index (χ1n) is 11.9. The molecule has 0 spiro atoms. The molecule has 2 N–H and O–H groups in total. The van der Waals surface area contributed by atoms with Gasteiger partial charge in [0.05, 0.1) is 17.3 Å². The zero-order valence-electron chi connectivity index (χ0n) is 21.6. The smallest absolute Gasteiger partial charge is 0.430 e. The van der Waals surface area contributed by atoms with Gasteiger partial charge in [-0.15, -0.1) is 0 Å². The Morgan fingerprint density at radius 3 is 2.27 bits per heavy atom. The highest BCUT2D eigenvalue weighted by Crippen LogP contribution is 2.26. The number of aromatic nitrogens is 1. The van der Waals surface area contributed by atoms with Gasteiger partial charge in [0.1, 0.15) is 24.1 Å². The Labute approximate surface area is 229 Å². The van der Waals surface area contributed by atoms with Gasteiger partial charge in [-0.1, -0.05) is 12.1 Å². The van der Waals surface area contributed by atoms with Crippen molar-refractivity contribution < 1.29 is 63.5 Å². The molecule has 2 aromatic carbocycles. The van der Waals surface area contributed by atoms with E-state index >= 15 is 0 Å². The molecule has 0 amide bonds. The molecule has 0 aliphatic rings. The summed E-state index contributed by atoms with van der Waals surface area (Å²) in [4.78, 5) is 8.78.